The van der Waals surface area contributed by atoms with Crippen molar-refractivity contribution < 1.29 is 9.47 Å². The molecule has 10 unspecified atom stereocenters. The van der Waals surface area contributed by atoms with Gasteiger partial charge in [-0.15, -0.1) is 0 Å². The normalized spacial score (nSPS) is 49.1. The Bertz CT molecular complexity index is 669. The average Bonchev–Trinajstić information content (AvgIpc) is 2.96. The first-order valence-corrected chi connectivity index (χ1v) is 11.8. The zero-order chi connectivity index (χ0) is 16.7. The Hall–Kier alpha value is -0.290. The fourth-order valence-corrected chi connectivity index (χ4v) is 8.48. The highest BCUT2D eigenvalue weighted by Crippen LogP contribution is 2.72. The quantitative estimate of drug-likeness (QED) is 0.271. The maximum atomic E-state index is 6.53. The molecule has 0 aromatic heterocycles. The van der Waals surface area contributed by atoms with Crippen LogP contribution in [0.2, 0.25) is 0 Å². The lowest BCUT2D eigenvalue weighted by Gasteiger charge is -2.37. The van der Waals surface area contributed by atoms with Crippen LogP contribution in [0.15, 0.2) is 24.3 Å². The van der Waals surface area contributed by atoms with Gasteiger partial charge in [0.15, 0.2) is 0 Å². The lowest BCUT2D eigenvalue weighted by Crippen LogP contribution is -2.40. The van der Waals surface area contributed by atoms with Crippen LogP contribution < -0.4 is 4.74 Å². The van der Waals surface area contributed by atoms with Gasteiger partial charge in [-0.2, -0.15) is 0 Å². The molecule has 1 aromatic carbocycles. The summed E-state index contributed by atoms with van der Waals surface area (Å²) < 4.78 is 13.7. The summed E-state index contributed by atoms with van der Waals surface area (Å²) in [5.74, 6) is 7.17. The third-order valence-corrected chi connectivity index (χ3v) is 9.39. The van der Waals surface area contributed by atoms with Crippen molar-refractivity contribution in [3.8, 4) is 5.75 Å². The van der Waals surface area contributed by atoms with Gasteiger partial charge in [-0.25, -0.2) is 0 Å². The third kappa shape index (κ3) is 2.17. The summed E-state index contributed by atoms with van der Waals surface area (Å²) >= 11 is 2.50. The minimum atomic E-state index is 0.459. The molecule has 5 fully saturated rings. The Kier molecular flexibility index (Phi) is 3.53. The smallest absolute Gasteiger partial charge is 0.119 e. The molecule has 4 bridgehead atoms. The third-order valence-electron chi connectivity index (χ3n) is 8.33. The van der Waals surface area contributed by atoms with E-state index in [1.165, 1.54) is 35.7 Å². The molecular weight excluding hydrogens is 423 g/mol. The molecule has 1 saturated heterocycles. The van der Waals surface area contributed by atoms with Gasteiger partial charge in [0.05, 0.1) is 12.2 Å². The molecular formula is C22H27IO2. The molecule has 10 atom stereocenters. The Morgan fingerprint density at radius 3 is 2.52 bits per heavy atom. The van der Waals surface area contributed by atoms with Crippen molar-refractivity contribution in [3.63, 3.8) is 0 Å². The average molecular weight is 450 g/mol. The molecule has 3 heteroatoms. The number of halogens is 1. The van der Waals surface area contributed by atoms with Crippen LogP contribution in [0, 0.1) is 35.5 Å². The summed E-state index contributed by atoms with van der Waals surface area (Å²) in [6.07, 6.45) is 7.17. The van der Waals surface area contributed by atoms with E-state index < -0.39 is 0 Å². The molecule has 1 aromatic rings. The van der Waals surface area contributed by atoms with Gasteiger partial charge < -0.3 is 9.47 Å². The Labute approximate surface area is 164 Å². The van der Waals surface area contributed by atoms with Crippen molar-refractivity contribution in [1.82, 2.24) is 0 Å². The Morgan fingerprint density at radius 2 is 1.80 bits per heavy atom. The highest BCUT2D eigenvalue weighted by Gasteiger charge is 2.73. The minimum Gasteiger partial charge on any atom is -0.490 e. The first kappa shape index (κ1) is 15.7. The van der Waals surface area contributed by atoms with Crippen molar-refractivity contribution in [2.24, 2.45) is 35.5 Å². The number of rotatable bonds is 5. The van der Waals surface area contributed by atoms with Crippen LogP contribution in [0.25, 0.3) is 0 Å². The number of hydrogen-bond donors (Lipinski definition) is 0. The van der Waals surface area contributed by atoms with E-state index >= 15 is 0 Å². The molecule has 1 heterocycles. The van der Waals surface area contributed by atoms with Gasteiger partial charge in [0, 0.05) is 4.43 Å². The number of benzene rings is 1. The SMILES string of the molecule is CCC(CI)c1ccc(OC2CC3CC2C2C4CC(C5OC45)C32)cc1. The van der Waals surface area contributed by atoms with Gasteiger partial charge in [0.25, 0.3) is 0 Å². The molecule has 0 radical (unpaired) electrons. The van der Waals surface area contributed by atoms with Crippen LogP contribution in [0.4, 0.5) is 0 Å². The first-order chi connectivity index (χ1) is 12.3. The molecule has 4 saturated carbocycles. The van der Waals surface area contributed by atoms with E-state index in [0.29, 0.717) is 24.2 Å². The van der Waals surface area contributed by atoms with Crippen molar-refractivity contribution in [2.45, 2.75) is 56.8 Å². The number of epoxide rings is 1. The van der Waals surface area contributed by atoms with Gasteiger partial charge in [0.1, 0.15) is 11.9 Å². The van der Waals surface area contributed by atoms with E-state index in [1.54, 1.807) is 0 Å². The zero-order valence-corrected chi connectivity index (χ0v) is 17.0. The zero-order valence-electron chi connectivity index (χ0n) is 14.8. The maximum absolute atomic E-state index is 6.53. The van der Waals surface area contributed by atoms with Gasteiger partial charge in [-0.05, 0) is 84.8 Å². The first-order valence-electron chi connectivity index (χ1n) is 10.3. The fourth-order valence-electron chi connectivity index (χ4n) is 7.35. The minimum absolute atomic E-state index is 0.459. The van der Waals surface area contributed by atoms with Gasteiger partial charge in [-0.1, -0.05) is 41.6 Å². The highest BCUT2D eigenvalue weighted by atomic mass is 127. The second-order valence-electron chi connectivity index (χ2n) is 9.16. The van der Waals surface area contributed by atoms with Gasteiger partial charge in [-0.3, -0.25) is 0 Å². The van der Waals surface area contributed by atoms with E-state index in [0.717, 1.165) is 41.3 Å². The highest BCUT2D eigenvalue weighted by molar-refractivity contribution is 14.1. The Balaban J connectivity index is 1.17. The lowest BCUT2D eigenvalue weighted by atomic mass is 9.70. The molecule has 134 valence electrons. The van der Waals surface area contributed by atoms with E-state index in [-0.39, 0.29) is 0 Å². The molecule has 2 nitrogen and oxygen atoms in total. The standard InChI is InChI=1S/C22H27IO2/c1-2-11(10-23)12-3-5-14(6-4-12)24-18-8-13-7-15(18)20-17-9-16(19(13)20)21-22(17)25-21/h3-6,11,13,15-22H,2,7-10H2,1H3. The summed E-state index contributed by atoms with van der Waals surface area (Å²) in [5, 5.41) is 0. The van der Waals surface area contributed by atoms with Crippen LogP contribution in [0.5, 0.6) is 5.75 Å². The second kappa shape index (κ2) is 5.60. The summed E-state index contributed by atoms with van der Waals surface area (Å²) in [6, 6.07) is 9.01. The molecule has 0 spiro atoms. The lowest BCUT2D eigenvalue weighted by molar-refractivity contribution is 0.0514. The molecule has 6 rings (SSSR count). The monoisotopic (exact) mass is 450 g/mol. The summed E-state index contributed by atoms with van der Waals surface area (Å²) in [4.78, 5) is 0. The van der Waals surface area contributed by atoms with Gasteiger partial charge >= 0.3 is 0 Å². The van der Waals surface area contributed by atoms with Crippen LogP contribution in [0.1, 0.15) is 44.1 Å². The summed E-state index contributed by atoms with van der Waals surface area (Å²) in [7, 11) is 0. The number of ether oxygens (including phenoxy) is 2. The van der Waals surface area contributed by atoms with Crippen molar-refractivity contribution in [2.75, 3.05) is 4.43 Å². The predicted molar refractivity (Wildman–Crippen MR) is 106 cm³/mol. The Morgan fingerprint density at radius 1 is 1.04 bits per heavy atom. The predicted octanol–water partition coefficient (Wildman–Crippen LogP) is 5.05. The van der Waals surface area contributed by atoms with Crippen molar-refractivity contribution in [3.05, 3.63) is 29.8 Å². The van der Waals surface area contributed by atoms with Crippen molar-refractivity contribution in [1.29, 1.82) is 0 Å². The maximum Gasteiger partial charge on any atom is 0.119 e. The van der Waals surface area contributed by atoms with Crippen LogP contribution in [-0.4, -0.2) is 22.7 Å². The number of alkyl halides is 1. The van der Waals surface area contributed by atoms with E-state index in [2.05, 4.69) is 53.8 Å². The van der Waals surface area contributed by atoms with Crippen LogP contribution >= 0.6 is 22.6 Å². The molecule has 25 heavy (non-hydrogen) atoms. The summed E-state index contributed by atoms with van der Waals surface area (Å²) in [5.41, 5.74) is 1.46. The fraction of sp³-hybridized carbons (Fsp3) is 0.727. The largest absolute Gasteiger partial charge is 0.490 e. The molecule has 4 aliphatic carbocycles. The second-order valence-corrected chi connectivity index (χ2v) is 10.0. The topological polar surface area (TPSA) is 21.8 Å². The van der Waals surface area contributed by atoms with E-state index in [4.69, 9.17) is 9.47 Å². The van der Waals surface area contributed by atoms with E-state index in [9.17, 15) is 0 Å². The number of hydrogen-bond acceptors (Lipinski definition) is 2. The van der Waals surface area contributed by atoms with Crippen LogP contribution in [-0.2, 0) is 4.74 Å². The van der Waals surface area contributed by atoms with Gasteiger partial charge in [0.2, 0.25) is 0 Å². The molecule has 5 aliphatic rings. The summed E-state index contributed by atoms with van der Waals surface area (Å²) in [6.45, 7) is 2.28. The molecule has 0 amide bonds. The molecule has 1 aliphatic heterocycles. The van der Waals surface area contributed by atoms with Crippen LogP contribution in [0.3, 0.4) is 0 Å². The van der Waals surface area contributed by atoms with E-state index in [1.807, 2.05) is 0 Å². The number of fused-ring (bicyclic) bond motifs is 12. The molecule has 0 N–H and O–H groups in total. The van der Waals surface area contributed by atoms with Crippen molar-refractivity contribution >= 4 is 22.6 Å².